The zero-order valence-electron chi connectivity index (χ0n) is 26.7. The van der Waals surface area contributed by atoms with Crippen LogP contribution in [0.3, 0.4) is 0 Å². The third-order valence-electron chi connectivity index (χ3n) is 8.74. The number of amidine groups is 1. The molecule has 16 heteroatoms. The summed E-state index contributed by atoms with van der Waals surface area (Å²) in [6.45, 7) is 5.00. The van der Waals surface area contributed by atoms with Crippen molar-refractivity contribution in [3.63, 3.8) is 0 Å². The second-order valence-corrected chi connectivity index (χ2v) is 12.3. The fraction of sp³-hybridized carbons (Fsp3) is 0.485. The van der Waals surface area contributed by atoms with Crippen molar-refractivity contribution in [3.05, 3.63) is 54.2 Å². The van der Waals surface area contributed by atoms with Gasteiger partial charge in [0.25, 0.3) is 0 Å². The Morgan fingerprint density at radius 2 is 1.43 bits per heavy atom. The van der Waals surface area contributed by atoms with E-state index in [-0.39, 0.29) is 23.1 Å². The van der Waals surface area contributed by atoms with Gasteiger partial charge >= 0.3 is 12.4 Å². The summed E-state index contributed by atoms with van der Waals surface area (Å²) in [7, 11) is 0. The first-order valence-electron chi connectivity index (χ1n) is 15.7. The lowest BCUT2D eigenvalue weighted by Crippen LogP contribution is -3.15. The lowest BCUT2D eigenvalue weighted by molar-refractivity contribution is -0.918. The summed E-state index contributed by atoms with van der Waals surface area (Å²) in [5.74, 6) is -4.60. The summed E-state index contributed by atoms with van der Waals surface area (Å²) in [5.41, 5.74) is 2.05. The number of unbranched alkanes of at least 4 members (excludes halogenated alkanes) is 2. The van der Waals surface area contributed by atoms with E-state index >= 15 is 0 Å². The first kappa shape index (κ1) is 39.1. The van der Waals surface area contributed by atoms with Crippen molar-refractivity contribution in [2.75, 3.05) is 19.6 Å². The number of ketones is 1. The van der Waals surface area contributed by atoms with Crippen LogP contribution in [0.5, 0.6) is 0 Å². The number of carboxylic acids is 2. The molecule has 49 heavy (non-hydrogen) atoms. The summed E-state index contributed by atoms with van der Waals surface area (Å²) < 4.78 is 63.1. The molecule has 10 nitrogen and oxygen atoms in total. The van der Waals surface area contributed by atoms with Gasteiger partial charge in [-0.2, -0.15) is 26.3 Å². The van der Waals surface area contributed by atoms with E-state index in [1.165, 1.54) is 10.8 Å². The van der Waals surface area contributed by atoms with Gasteiger partial charge < -0.3 is 34.8 Å². The molecule has 1 amide bonds. The number of aliphatic imine (C=N–C) groups is 1. The van der Waals surface area contributed by atoms with Crippen LogP contribution < -0.4 is 25.7 Å². The predicted molar refractivity (Wildman–Crippen MR) is 161 cm³/mol. The van der Waals surface area contributed by atoms with Crippen molar-refractivity contribution in [2.24, 2.45) is 10.4 Å². The number of amides is 1. The number of carboxylic acid groups (broad SMARTS) is 2. The maximum Gasteiger partial charge on any atom is 0.430 e. The molecule has 2 bridgehead atoms. The highest BCUT2D eigenvalue weighted by atomic mass is 19.4. The van der Waals surface area contributed by atoms with Gasteiger partial charge in [0.2, 0.25) is 11.7 Å². The lowest BCUT2D eigenvalue weighted by atomic mass is 9.71. The Labute approximate surface area is 278 Å². The number of carbonyl (C=O) groups excluding carboxylic acids is 4. The molecule has 6 rings (SSSR count). The molecular formula is C33H38F6N4O6. The summed E-state index contributed by atoms with van der Waals surface area (Å²) in [6, 6.07) is 14.8. The highest BCUT2D eigenvalue weighted by molar-refractivity contribution is 5.93. The number of Topliss-reactive ketones (excluding diaryl/α,β-unsaturated/α-hetero) is 1. The summed E-state index contributed by atoms with van der Waals surface area (Å²) in [4.78, 5) is 48.9. The van der Waals surface area contributed by atoms with Gasteiger partial charge in [-0.15, -0.1) is 0 Å². The number of carbonyl (C=O) groups is 4. The smallest absolute Gasteiger partial charge is 0.430 e. The number of rotatable bonds is 10. The van der Waals surface area contributed by atoms with Crippen molar-refractivity contribution in [2.45, 2.75) is 76.7 Å². The molecule has 0 spiro atoms. The highest BCUT2D eigenvalue weighted by Crippen LogP contribution is 2.34. The molecule has 4 heterocycles. The minimum absolute atomic E-state index is 0.0873. The Bertz CT molecular complexity index is 1530. The van der Waals surface area contributed by atoms with Crippen LogP contribution >= 0.6 is 0 Å². The Kier molecular flexibility index (Phi) is 13.5. The van der Waals surface area contributed by atoms with Crippen LogP contribution in [-0.2, 0) is 19.2 Å². The summed E-state index contributed by atoms with van der Waals surface area (Å²) in [6.07, 6.45) is -1.09. The normalized spacial score (nSPS) is 20.5. The van der Waals surface area contributed by atoms with Crippen LogP contribution in [-0.4, -0.2) is 67.5 Å². The first-order valence-corrected chi connectivity index (χ1v) is 15.7. The van der Waals surface area contributed by atoms with Crippen molar-refractivity contribution >= 4 is 45.9 Å². The number of piperidine rings is 3. The second kappa shape index (κ2) is 16.9. The van der Waals surface area contributed by atoms with Gasteiger partial charge in [0, 0.05) is 31.2 Å². The first-order chi connectivity index (χ1) is 22.9. The maximum atomic E-state index is 13.6. The number of nitrogens with one attached hydrogen (secondary N) is 2. The number of quaternary nitrogens is 2. The molecular weight excluding hydrogens is 662 g/mol. The molecule has 3 fully saturated rings. The molecule has 4 N–H and O–H groups in total. The third kappa shape index (κ3) is 11.7. The average Bonchev–Trinajstić information content (AvgIpc) is 3.54. The van der Waals surface area contributed by atoms with E-state index < -0.39 is 24.3 Å². The van der Waals surface area contributed by atoms with Crippen LogP contribution in [0.4, 0.5) is 26.3 Å². The van der Waals surface area contributed by atoms with Crippen LogP contribution in [0.2, 0.25) is 0 Å². The number of hydrogen-bond donors (Lipinski definition) is 3. The Hall–Kier alpha value is -4.31. The predicted octanol–water partition coefficient (Wildman–Crippen LogP) is 0.804. The van der Waals surface area contributed by atoms with Gasteiger partial charge in [-0.3, -0.25) is 10.1 Å². The number of fused-ring (bicyclic) bond motifs is 4. The van der Waals surface area contributed by atoms with Crippen LogP contribution in [0, 0.1) is 5.41 Å². The van der Waals surface area contributed by atoms with Crippen LogP contribution in [0.1, 0.15) is 63.9 Å². The zero-order chi connectivity index (χ0) is 36.4. The fourth-order valence-corrected chi connectivity index (χ4v) is 5.94. The van der Waals surface area contributed by atoms with Gasteiger partial charge in [0.15, 0.2) is 5.70 Å². The number of hydrogen-bond acceptors (Lipinski definition) is 7. The zero-order valence-corrected chi connectivity index (χ0v) is 26.7. The molecule has 4 aliphatic rings. The summed E-state index contributed by atoms with van der Waals surface area (Å²) >= 11 is 0. The van der Waals surface area contributed by atoms with Gasteiger partial charge in [-0.25, -0.2) is 4.99 Å². The highest BCUT2D eigenvalue weighted by Gasteiger charge is 2.48. The summed E-state index contributed by atoms with van der Waals surface area (Å²) in [5, 5.41) is 25.6. The molecule has 1 atom stereocenters. The largest absolute Gasteiger partial charge is 0.542 e. The molecule has 2 aromatic rings. The van der Waals surface area contributed by atoms with Crippen molar-refractivity contribution in [3.8, 4) is 0 Å². The van der Waals surface area contributed by atoms with E-state index in [9.17, 15) is 35.9 Å². The molecule has 0 unspecified atom stereocenters. The molecule has 4 aliphatic heterocycles. The Morgan fingerprint density at radius 1 is 0.878 bits per heavy atom. The van der Waals surface area contributed by atoms with E-state index in [4.69, 9.17) is 24.8 Å². The maximum absolute atomic E-state index is 13.6. The van der Waals surface area contributed by atoms with E-state index in [1.54, 1.807) is 11.8 Å². The number of benzene rings is 2. The molecule has 268 valence electrons. The minimum atomic E-state index is -5.19. The quantitative estimate of drug-likeness (QED) is 0.246. The number of alkyl halides is 6. The minimum Gasteiger partial charge on any atom is -0.542 e. The number of aliphatic carboxylic acids is 2. The fourth-order valence-electron chi connectivity index (χ4n) is 5.94. The molecule has 0 aliphatic carbocycles. The van der Waals surface area contributed by atoms with Crippen molar-refractivity contribution < 1.29 is 66.0 Å². The Balaban J connectivity index is 0.000000392. The van der Waals surface area contributed by atoms with Crippen molar-refractivity contribution in [1.29, 1.82) is 0 Å². The molecule has 0 aromatic heterocycles. The van der Waals surface area contributed by atoms with E-state index in [0.29, 0.717) is 6.42 Å². The SMILES string of the molecule is CC(=O)CCCCC[C@H](NC(=O)C12CC[NH+](CC1)CC2)C1=NC=C(c2ccc3ccccc3c2)[NH2+]1.O=C([O-])C(F)(F)F.O=C([O-])C(F)(F)F. The topological polar surface area (TPSA) is 160 Å². The van der Waals surface area contributed by atoms with Crippen molar-refractivity contribution in [1.82, 2.24) is 5.32 Å². The molecule has 3 saturated heterocycles. The molecule has 0 radical (unpaired) electrons. The molecule has 0 saturated carbocycles. The lowest BCUT2D eigenvalue weighted by Gasteiger charge is -2.44. The number of halogens is 6. The number of nitrogens with two attached hydrogens (primary N) is 1. The average molecular weight is 701 g/mol. The van der Waals surface area contributed by atoms with Crippen LogP contribution in [0.15, 0.2) is 53.7 Å². The van der Waals surface area contributed by atoms with Gasteiger partial charge in [0.1, 0.15) is 23.8 Å². The van der Waals surface area contributed by atoms with E-state index in [2.05, 4.69) is 53.1 Å². The van der Waals surface area contributed by atoms with Gasteiger partial charge in [0.05, 0.1) is 31.2 Å². The monoisotopic (exact) mass is 700 g/mol. The van der Waals surface area contributed by atoms with Gasteiger partial charge in [-0.1, -0.05) is 43.2 Å². The third-order valence-corrected chi connectivity index (χ3v) is 8.74. The standard InChI is InChI=1S/C29H36N4O2.2C2HF3O2/c1-21(34)7-3-2-4-10-25(32-28(35)29-13-16-33(17-14-29)18-15-29)27-30-20-26(31-27)24-12-11-22-8-5-6-9-23(22)19-24;2*3-2(4,5)1(6)7/h5-6,8-9,11-12,19-20,25H,2-4,7,10,13-18H2,1H3,(H,30,31)(H,32,35);2*(H,6,7)/t25-;;/m0../s1. The van der Waals surface area contributed by atoms with E-state index in [0.717, 1.165) is 81.7 Å². The Morgan fingerprint density at radius 3 is 1.96 bits per heavy atom. The second-order valence-electron chi connectivity index (χ2n) is 12.3. The van der Waals surface area contributed by atoms with E-state index in [1.807, 2.05) is 6.20 Å². The van der Waals surface area contributed by atoms with Gasteiger partial charge in [-0.05, 0) is 42.7 Å². The molecule has 2 aromatic carbocycles. The number of nitrogens with zero attached hydrogens (tertiary/aromatic N) is 1. The van der Waals surface area contributed by atoms with Crippen LogP contribution in [0.25, 0.3) is 16.5 Å².